The summed E-state index contributed by atoms with van der Waals surface area (Å²) in [5.41, 5.74) is 1.000. The van der Waals surface area contributed by atoms with E-state index in [9.17, 15) is 14.7 Å². The van der Waals surface area contributed by atoms with Crippen LogP contribution in [0, 0.1) is 0 Å². The molecule has 120 valence electrons. The second-order valence-corrected chi connectivity index (χ2v) is 4.96. The van der Waals surface area contributed by atoms with E-state index in [1.165, 1.54) is 7.11 Å². The summed E-state index contributed by atoms with van der Waals surface area (Å²) in [6, 6.07) is 14.4. The molecule has 0 saturated heterocycles. The van der Waals surface area contributed by atoms with Gasteiger partial charge < -0.3 is 9.84 Å². The lowest BCUT2D eigenvalue weighted by Gasteiger charge is -2.25. The topological polar surface area (TPSA) is 92.9 Å². The number of nitrogens with zero attached hydrogens (tertiary/aromatic N) is 1. The first-order valence-corrected chi connectivity index (χ1v) is 7.02. The predicted molar refractivity (Wildman–Crippen MR) is 84.9 cm³/mol. The summed E-state index contributed by atoms with van der Waals surface area (Å²) in [7, 11) is 1.44. The number of hydrazine groups is 1. The number of rotatable bonds is 6. The van der Waals surface area contributed by atoms with Gasteiger partial charge in [-0.3, -0.25) is 9.80 Å². The average Bonchev–Trinajstić information content (AvgIpc) is 2.59. The lowest BCUT2D eigenvalue weighted by Crippen LogP contribution is -2.50. The van der Waals surface area contributed by atoms with Crippen LogP contribution in [0.15, 0.2) is 54.6 Å². The van der Waals surface area contributed by atoms with Gasteiger partial charge in [-0.2, -0.15) is 0 Å². The van der Waals surface area contributed by atoms with Gasteiger partial charge in [0, 0.05) is 6.42 Å². The number of carbonyl (C=O) groups excluding carboxylic acids is 1. The van der Waals surface area contributed by atoms with Crippen LogP contribution in [0.2, 0.25) is 0 Å². The lowest BCUT2D eigenvalue weighted by atomic mass is 10.0. The Labute approximate surface area is 134 Å². The largest absolute Gasteiger partial charge is 0.496 e. The molecule has 0 aliphatic rings. The zero-order valence-corrected chi connectivity index (χ0v) is 12.7. The fraction of sp³-hybridized carbons (Fsp3) is 0.176. The van der Waals surface area contributed by atoms with Crippen LogP contribution in [-0.4, -0.2) is 35.1 Å². The second kappa shape index (κ2) is 7.42. The molecule has 0 saturated carbocycles. The van der Waals surface area contributed by atoms with Crippen molar-refractivity contribution in [3.8, 4) is 5.75 Å². The van der Waals surface area contributed by atoms with Gasteiger partial charge in [0.1, 0.15) is 11.8 Å². The Morgan fingerprint density at radius 1 is 1.13 bits per heavy atom. The highest BCUT2D eigenvalue weighted by Crippen LogP contribution is 2.20. The zero-order chi connectivity index (χ0) is 16.8. The van der Waals surface area contributed by atoms with Crippen LogP contribution in [-0.2, 0) is 11.2 Å². The molecule has 2 rings (SSSR count). The van der Waals surface area contributed by atoms with Crippen molar-refractivity contribution in [3.05, 3.63) is 65.7 Å². The minimum atomic E-state index is -1.17. The maximum atomic E-state index is 12.5. The van der Waals surface area contributed by atoms with Gasteiger partial charge in [-0.1, -0.05) is 42.5 Å². The molecule has 6 heteroatoms. The second-order valence-electron chi connectivity index (χ2n) is 4.96. The van der Waals surface area contributed by atoms with E-state index >= 15 is 0 Å². The maximum absolute atomic E-state index is 12.5. The van der Waals surface area contributed by atoms with Crippen LogP contribution in [0.4, 0.5) is 0 Å². The van der Waals surface area contributed by atoms with Crippen molar-refractivity contribution in [2.75, 3.05) is 7.11 Å². The first-order chi connectivity index (χ1) is 11.0. The molecule has 0 unspecified atom stereocenters. The van der Waals surface area contributed by atoms with E-state index in [4.69, 9.17) is 10.6 Å². The third-order valence-electron chi connectivity index (χ3n) is 3.46. The SMILES string of the molecule is COc1ccccc1C(=O)N(N)[C@@H](Cc1ccccc1)C(=O)O. The molecule has 6 nitrogen and oxygen atoms in total. The Balaban J connectivity index is 2.25. The van der Waals surface area contributed by atoms with Gasteiger partial charge in [-0.05, 0) is 17.7 Å². The van der Waals surface area contributed by atoms with Crippen molar-refractivity contribution in [2.45, 2.75) is 12.5 Å². The van der Waals surface area contributed by atoms with Crippen molar-refractivity contribution in [1.82, 2.24) is 5.01 Å². The van der Waals surface area contributed by atoms with E-state index in [-0.39, 0.29) is 12.0 Å². The number of hydrogen-bond donors (Lipinski definition) is 2. The molecule has 1 amide bonds. The van der Waals surface area contributed by atoms with E-state index in [0.717, 1.165) is 10.6 Å². The molecule has 0 heterocycles. The van der Waals surface area contributed by atoms with E-state index in [2.05, 4.69) is 0 Å². The number of carbonyl (C=O) groups is 2. The molecule has 3 N–H and O–H groups in total. The smallest absolute Gasteiger partial charge is 0.328 e. The van der Waals surface area contributed by atoms with Crippen molar-refractivity contribution in [2.24, 2.45) is 5.84 Å². The van der Waals surface area contributed by atoms with Gasteiger partial charge in [-0.25, -0.2) is 10.6 Å². The number of aliphatic carboxylic acids is 1. The summed E-state index contributed by atoms with van der Waals surface area (Å²) in [6.45, 7) is 0. The molecule has 2 aromatic rings. The number of para-hydroxylation sites is 1. The Morgan fingerprint density at radius 3 is 2.35 bits per heavy atom. The first kappa shape index (κ1) is 16.5. The Hall–Kier alpha value is -2.86. The summed E-state index contributed by atoms with van der Waals surface area (Å²) in [5.74, 6) is 4.38. The Bertz CT molecular complexity index is 688. The zero-order valence-electron chi connectivity index (χ0n) is 12.7. The molecule has 0 radical (unpaired) electrons. The fourth-order valence-corrected chi connectivity index (χ4v) is 2.24. The Morgan fingerprint density at radius 2 is 1.74 bits per heavy atom. The molecule has 0 aliphatic carbocycles. The molecule has 0 aromatic heterocycles. The number of methoxy groups -OCH3 is 1. The molecular formula is C17H18N2O4. The molecule has 0 fully saturated rings. The van der Waals surface area contributed by atoms with Gasteiger partial charge in [0.25, 0.3) is 5.91 Å². The highest BCUT2D eigenvalue weighted by atomic mass is 16.5. The van der Waals surface area contributed by atoms with Crippen LogP contribution in [0.3, 0.4) is 0 Å². The Kier molecular flexibility index (Phi) is 5.32. The summed E-state index contributed by atoms with van der Waals surface area (Å²) in [6.07, 6.45) is 0.119. The minimum absolute atomic E-state index is 0.119. The van der Waals surface area contributed by atoms with Gasteiger partial charge in [0.2, 0.25) is 0 Å². The number of ether oxygens (including phenoxy) is 1. The molecule has 1 atom stereocenters. The summed E-state index contributed by atoms with van der Waals surface area (Å²) >= 11 is 0. The number of amides is 1. The van der Waals surface area contributed by atoms with Gasteiger partial charge in [-0.15, -0.1) is 0 Å². The molecule has 0 spiro atoms. The molecular weight excluding hydrogens is 296 g/mol. The molecule has 2 aromatic carbocycles. The number of benzene rings is 2. The van der Waals surface area contributed by atoms with E-state index in [0.29, 0.717) is 5.75 Å². The quantitative estimate of drug-likeness (QED) is 0.481. The number of carboxylic acid groups (broad SMARTS) is 1. The summed E-state index contributed by atoms with van der Waals surface area (Å²) in [4.78, 5) is 24.0. The highest BCUT2D eigenvalue weighted by molar-refractivity contribution is 5.98. The van der Waals surface area contributed by atoms with Crippen LogP contribution in [0.1, 0.15) is 15.9 Å². The summed E-state index contributed by atoms with van der Waals surface area (Å²) in [5, 5.41) is 10.2. The van der Waals surface area contributed by atoms with Crippen molar-refractivity contribution < 1.29 is 19.4 Å². The third kappa shape index (κ3) is 3.87. The van der Waals surface area contributed by atoms with Crippen LogP contribution in [0.5, 0.6) is 5.75 Å². The average molecular weight is 314 g/mol. The number of carboxylic acids is 1. The number of nitrogens with two attached hydrogens (primary N) is 1. The lowest BCUT2D eigenvalue weighted by molar-refractivity contribution is -0.142. The van der Waals surface area contributed by atoms with Crippen LogP contribution in [0.25, 0.3) is 0 Å². The fourth-order valence-electron chi connectivity index (χ4n) is 2.24. The number of hydrogen-bond acceptors (Lipinski definition) is 4. The van der Waals surface area contributed by atoms with Crippen molar-refractivity contribution in [3.63, 3.8) is 0 Å². The predicted octanol–water partition coefficient (Wildman–Crippen LogP) is 1.71. The van der Waals surface area contributed by atoms with Crippen LogP contribution < -0.4 is 10.6 Å². The van der Waals surface area contributed by atoms with E-state index < -0.39 is 17.9 Å². The third-order valence-corrected chi connectivity index (χ3v) is 3.46. The highest BCUT2D eigenvalue weighted by Gasteiger charge is 2.29. The maximum Gasteiger partial charge on any atom is 0.328 e. The van der Waals surface area contributed by atoms with Gasteiger partial charge >= 0.3 is 5.97 Å². The monoisotopic (exact) mass is 314 g/mol. The molecule has 23 heavy (non-hydrogen) atoms. The van der Waals surface area contributed by atoms with E-state index in [1.54, 1.807) is 48.5 Å². The normalized spacial score (nSPS) is 11.6. The van der Waals surface area contributed by atoms with E-state index in [1.807, 2.05) is 6.07 Å². The van der Waals surface area contributed by atoms with Gasteiger partial charge in [0.05, 0.1) is 12.7 Å². The van der Waals surface area contributed by atoms with Crippen LogP contribution >= 0.6 is 0 Å². The van der Waals surface area contributed by atoms with Crippen molar-refractivity contribution in [1.29, 1.82) is 0 Å². The standard InChI is InChI=1S/C17H18N2O4/c1-23-15-10-6-5-9-13(15)16(20)19(18)14(17(21)22)11-12-7-3-2-4-8-12/h2-10,14H,11,18H2,1H3,(H,21,22)/t14-/m0/s1. The first-order valence-electron chi connectivity index (χ1n) is 7.02. The van der Waals surface area contributed by atoms with Crippen molar-refractivity contribution >= 4 is 11.9 Å². The minimum Gasteiger partial charge on any atom is -0.496 e. The molecule has 0 aliphatic heterocycles. The summed E-state index contributed by atoms with van der Waals surface area (Å²) < 4.78 is 5.12. The van der Waals surface area contributed by atoms with Gasteiger partial charge in [0.15, 0.2) is 0 Å². The molecule has 0 bridgehead atoms.